The molecule has 1 aliphatic heterocycles. The summed E-state index contributed by atoms with van der Waals surface area (Å²) in [5.74, 6) is -1.96. The first-order valence-electron chi connectivity index (χ1n) is 10.6. The molecule has 3 aromatic rings. The molecule has 1 aliphatic rings. The summed E-state index contributed by atoms with van der Waals surface area (Å²) >= 11 is 0. The lowest BCUT2D eigenvalue weighted by molar-refractivity contribution is 0.102. The summed E-state index contributed by atoms with van der Waals surface area (Å²) in [6.45, 7) is 1.42. The number of carbonyl (C=O) groups excluding carboxylic acids is 1. The minimum absolute atomic E-state index is 0.0200. The quantitative estimate of drug-likeness (QED) is 0.508. The highest BCUT2D eigenvalue weighted by atomic mass is 32.2. The summed E-state index contributed by atoms with van der Waals surface area (Å²) in [4.78, 5) is 14.5. The second kappa shape index (κ2) is 9.68. The Morgan fingerprint density at radius 1 is 0.912 bits per heavy atom. The first-order chi connectivity index (χ1) is 16.2. The second-order valence-electron chi connectivity index (χ2n) is 7.82. The molecule has 1 heterocycles. The number of halogens is 2. The highest BCUT2D eigenvalue weighted by Crippen LogP contribution is 2.32. The van der Waals surface area contributed by atoms with Crippen LogP contribution >= 0.6 is 0 Å². The van der Waals surface area contributed by atoms with Crippen LogP contribution in [-0.4, -0.2) is 34.5 Å². The minimum atomic E-state index is -4.04. The summed E-state index contributed by atoms with van der Waals surface area (Å²) in [6.07, 6.45) is 1.88. The van der Waals surface area contributed by atoms with Crippen LogP contribution in [0.1, 0.15) is 23.2 Å². The third-order valence-corrected chi connectivity index (χ3v) is 6.83. The van der Waals surface area contributed by atoms with E-state index in [9.17, 15) is 22.0 Å². The third-order valence-electron chi connectivity index (χ3n) is 5.42. The lowest BCUT2D eigenvalue weighted by Crippen LogP contribution is -2.23. The Labute approximate surface area is 196 Å². The van der Waals surface area contributed by atoms with Crippen molar-refractivity contribution in [1.29, 1.82) is 0 Å². The Balaban J connectivity index is 1.67. The molecular formula is C24H23F2N3O4S. The summed E-state index contributed by atoms with van der Waals surface area (Å²) in [7, 11) is -2.53. The summed E-state index contributed by atoms with van der Waals surface area (Å²) in [5.41, 5.74) is 0.806. The third kappa shape index (κ3) is 5.28. The van der Waals surface area contributed by atoms with Gasteiger partial charge in [0.1, 0.15) is 22.3 Å². The molecule has 1 fully saturated rings. The van der Waals surface area contributed by atoms with Gasteiger partial charge in [0.25, 0.3) is 15.9 Å². The number of ether oxygens (including phenoxy) is 1. The fourth-order valence-electron chi connectivity index (χ4n) is 3.78. The smallest absolute Gasteiger partial charge is 0.264 e. The number of methoxy groups -OCH3 is 1. The molecule has 0 bridgehead atoms. The maximum atomic E-state index is 13.5. The number of nitrogens with one attached hydrogen (secondary N) is 2. The normalized spacial score (nSPS) is 13.6. The standard InChI is InChI=1S/C24H23F2N3O4S/c1-33-21-7-4-19(5-8-21)28-34(31,32)23-15-20(6-9-22(23)29-10-2-3-11-29)27-24(30)16-12-17(25)14-18(26)13-16/h4-9,12-15,28H,2-3,10-11H2,1H3,(H,27,30). The van der Waals surface area contributed by atoms with Gasteiger partial charge in [-0.3, -0.25) is 9.52 Å². The molecule has 1 amide bonds. The number of sulfonamides is 1. The zero-order valence-corrected chi connectivity index (χ0v) is 19.2. The van der Waals surface area contributed by atoms with Crippen molar-refractivity contribution in [2.24, 2.45) is 0 Å². The fourth-order valence-corrected chi connectivity index (χ4v) is 5.09. The summed E-state index contributed by atoms with van der Waals surface area (Å²) in [6, 6.07) is 13.4. The minimum Gasteiger partial charge on any atom is -0.497 e. The van der Waals surface area contributed by atoms with Gasteiger partial charge in [0, 0.05) is 36.1 Å². The van der Waals surface area contributed by atoms with Gasteiger partial charge in [0.15, 0.2) is 0 Å². The zero-order chi connectivity index (χ0) is 24.3. The predicted octanol–water partition coefficient (Wildman–Crippen LogP) is 4.63. The van der Waals surface area contributed by atoms with Gasteiger partial charge in [-0.05, 0) is 67.4 Å². The molecule has 0 aromatic heterocycles. The van der Waals surface area contributed by atoms with Gasteiger partial charge in [-0.25, -0.2) is 17.2 Å². The van der Waals surface area contributed by atoms with Crippen LogP contribution in [0.15, 0.2) is 65.6 Å². The van der Waals surface area contributed by atoms with Crippen LogP contribution in [0.2, 0.25) is 0 Å². The number of hydrogen-bond acceptors (Lipinski definition) is 5. The Hall–Kier alpha value is -3.66. The van der Waals surface area contributed by atoms with E-state index in [4.69, 9.17) is 4.74 Å². The molecule has 34 heavy (non-hydrogen) atoms. The highest BCUT2D eigenvalue weighted by molar-refractivity contribution is 7.92. The van der Waals surface area contributed by atoms with Gasteiger partial charge in [-0.15, -0.1) is 0 Å². The molecule has 0 unspecified atom stereocenters. The predicted molar refractivity (Wildman–Crippen MR) is 126 cm³/mol. The molecule has 0 atom stereocenters. The molecule has 0 spiro atoms. The number of nitrogens with zero attached hydrogens (tertiary/aromatic N) is 1. The van der Waals surface area contributed by atoms with Crippen molar-refractivity contribution < 1.29 is 26.7 Å². The number of rotatable bonds is 7. The molecule has 2 N–H and O–H groups in total. The Bertz CT molecular complexity index is 1290. The maximum Gasteiger partial charge on any atom is 0.264 e. The van der Waals surface area contributed by atoms with Crippen molar-refractivity contribution in [2.75, 3.05) is 35.1 Å². The zero-order valence-electron chi connectivity index (χ0n) is 18.3. The largest absolute Gasteiger partial charge is 0.497 e. The van der Waals surface area contributed by atoms with E-state index in [2.05, 4.69) is 10.0 Å². The molecule has 0 radical (unpaired) electrons. The van der Waals surface area contributed by atoms with Crippen LogP contribution in [0.4, 0.5) is 25.8 Å². The Morgan fingerprint density at radius 3 is 2.15 bits per heavy atom. The summed E-state index contributed by atoms with van der Waals surface area (Å²) in [5, 5.41) is 2.52. The topological polar surface area (TPSA) is 87.7 Å². The first kappa shape index (κ1) is 23.5. The fraction of sp³-hybridized carbons (Fsp3) is 0.208. The van der Waals surface area contributed by atoms with Crippen LogP contribution in [0.3, 0.4) is 0 Å². The van der Waals surface area contributed by atoms with Crippen molar-refractivity contribution in [1.82, 2.24) is 0 Å². The van der Waals surface area contributed by atoms with Gasteiger partial charge in [0.2, 0.25) is 0 Å². The molecule has 3 aromatic carbocycles. The van der Waals surface area contributed by atoms with Crippen molar-refractivity contribution in [3.63, 3.8) is 0 Å². The Kier molecular flexibility index (Phi) is 6.69. The number of amides is 1. The van der Waals surface area contributed by atoms with Crippen LogP contribution < -0.4 is 19.7 Å². The van der Waals surface area contributed by atoms with E-state index in [-0.39, 0.29) is 16.1 Å². The maximum absolute atomic E-state index is 13.5. The van der Waals surface area contributed by atoms with E-state index in [1.807, 2.05) is 4.90 Å². The second-order valence-corrected chi connectivity index (χ2v) is 9.47. The Morgan fingerprint density at radius 2 is 1.53 bits per heavy atom. The number of anilines is 3. The van der Waals surface area contributed by atoms with Gasteiger partial charge >= 0.3 is 0 Å². The molecule has 0 aliphatic carbocycles. The SMILES string of the molecule is COc1ccc(NS(=O)(=O)c2cc(NC(=O)c3cc(F)cc(F)c3)ccc2N2CCCC2)cc1. The number of hydrogen-bond donors (Lipinski definition) is 2. The average Bonchev–Trinajstić information content (AvgIpc) is 3.33. The molecule has 1 saturated heterocycles. The van der Waals surface area contributed by atoms with E-state index in [0.29, 0.717) is 36.3 Å². The van der Waals surface area contributed by atoms with E-state index < -0.39 is 27.6 Å². The van der Waals surface area contributed by atoms with Crippen molar-refractivity contribution >= 4 is 33.0 Å². The van der Waals surface area contributed by atoms with Crippen LogP contribution in [0, 0.1) is 11.6 Å². The van der Waals surface area contributed by atoms with E-state index in [1.54, 1.807) is 36.4 Å². The van der Waals surface area contributed by atoms with E-state index in [1.165, 1.54) is 13.2 Å². The van der Waals surface area contributed by atoms with Crippen molar-refractivity contribution in [2.45, 2.75) is 17.7 Å². The highest BCUT2D eigenvalue weighted by Gasteiger charge is 2.25. The van der Waals surface area contributed by atoms with E-state index in [0.717, 1.165) is 25.0 Å². The van der Waals surface area contributed by atoms with Crippen molar-refractivity contribution in [3.8, 4) is 5.75 Å². The number of carbonyl (C=O) groups is 1. The van der Waals surface area contributed by atoms with Gasteiger partial charge in [0.05, 0.1) is 12.8 Å². The molecule has 4 rings (SSSR count). The molecule has 10 heteroatoms. The lowest BCUT2D eigenvalue weighted by Gasteiger charge is -2.22. The van der Waals surface area contributed by atoms with Crippen LogP contribution in [0.25, 0.3) is 0 Å². The molecular weight excluding hydrogens is 464 g/mol. The molecule has 0 saturated carbocycles. The van der Waals surface area contributed by atoms with Crippen LogP contribution in [-0.2, 0) is 10.0 Å². The first-order valence-corrected chi connectivity index (χ1v) is 12.1. The van der Waals surface area contributed by atoms with Gasteiger partial charge in [-0.1, -0.05) is 0 Å². The number of benzene rings is 3. The monoisotopic (exact) mass is 487 g/mol. The summed E-state index contributed by atoms with van der Waals surface area (Å²) < 4.78 is 61.4. The van der Waals surface area contributed by atoms with Gasteiger partial charge in [-0.2, -0.15) is 0 Å². The average molecular weight is 488 g/mol. The van der Waals surface area contributed by atoms with Crippen LogP contribution in [0.5, 0.6) is 5.75 Å². The molecule has 7 nitrogen and oxygen atoms in total. The lowest BCUT2D eigenvalue weighted by atomic mass is 10.2. The van der Waals surface area contributed by atoms with E-state index >= 15 is 0 Å². The van der Waals surface area contributed by atoms with Gasteiger partial charge < -0.3 is 15.0 Å². The van der Waals surface area contributed by atoms with Crippen molar-refractivity contribution in [3.05, 3.63) is 77.9 Å². The molecule has 178 valence electrons.